The van der Waals surface area contributed by atoms with Gasteiger partial charge in [0.2, 0.25) is 0 Å². The smallest absolute Gasteiger partial charge is 0.309 e. The molecule has 1 N–H and O–H groups in total. The van der Waals surface area contributed by atoms with Gasteiger partial charge in [-0.15, -0.1) is 0 Å². The average molecular weight is 142 g/mol. The van der Waals surface area contributed by atoms with Gasteiger partial charge in [-0.2, -0.15) is 0 Å². The highest BCUT2D eigenvalue weighted by Crippen LogP contribution is 2.38. The number of hydrogen-bond acceptors (Lipinski definition) is 2. The molecule has 10 heavy (non-hydrogen) atoms. The molecule has 0 amide bonds. The molecule has 2 rings (SSSR count). The molecule has 1 unspecified atom stereocenters. The second kappa shape index (κ2) is 1.95. The van der Waals surface area contributed by atoms with Gasteiger partial charge in [-0.1, -0.05) is 0 Å². The number of carboxylic acids is 1. The Kier molecular flexibility index (Phi) is 1.20. The van der Waals surface area contributed by atoms with Crippen molar-refractivity contribution in [3.63, 3.8) is 0 Å². The number of carbonyl (C=O) groups is 1. The number of carboxylic acid groups (broad SMARTS) is 1. The predicted molar refractivity (Wildman–Crippen MR) is 33.6 cm³/mol. The molecular weight excluding hydrogens is 132 g/mol. The first-order valence-electron chi connectivity index (χ1n) is 3.65. The van der Waals surface area contributed by atoms with Crippen LogP contribution in [0.4, 0.5) is 0 Å². The number of aliphatic carboxylic acids is 1. The van der Waals surface area contributed by atoms with Crippen molar-refractivity contribution in [3.05, 3.63) is 0 Å². The van der Waals surface area contributed by atoms with Gasteiger partial charge >= 0.3 is 5.97 Å². The Morgan fingerprint density at radius 1 is 1.50 bits per heavy atom. The van der Waals surface area contributed by atoms with Crippen LogP contribution in [0.2, 0.25) is 0 Å². The van der Waals surface area contributed by atoms with Crippen LogP contribution in [-0.4, -0.2) is 23.3 Å². The molecule has 0 spiro atoms. The summed E-state index contributed by atoms with van der Waals surface area (Å²) in [7, 11) is 0. The summed E-state index contributed by atoms with van der Waals surface area (Å²) in [5.74, 6) is -0.897. The lowest BCUT2D eigenvalue weighted by Crippen LogP contribution is -2.24. The molecule has 0 aliphatic carbocycles. The first-order chi connectivity index (χ1) is 4.77. The van der Waals surface area contributed by atoms with Crippen LogP contribution >= 0.6 is 0 Å². The Morgan fingerprint density at radius 3 is 2.60 bits per heavy atom. The fourth-order valence-electron chi connectivity index (χ4n) is 1.90. The molecule has 3 atom stereocenters. The van der Waals surface area contributed by atoms with Crippen molar-refractivity contribution in [1.82, 2.24) is 0 Å². The molecule has 2 bridgehead atoms. The van der Waals surface area contributed by atoms with Gasteiger partial charge in [0.05, 0.1) is 18.1 Å². The van der Waals surface area contributed by atoms with Crippen LogP contribution in [0.1, 0.15) is 19.3 Å². The molecule has 0 saturated carbocycles. The minimum absolute atomic E-state index is 0.0301. The predicted octanol–water partition coefficient (Wildman–Crippen LogP) is 0.639. The van der Waals surface area contributed by atoms with Crippen LogP contribution in [0, 0.1) is 5.92 Å². The molecule has 0 aromatic heterocycles. The third kappa shape index (κ3) is 0.736. The van der Waals surface area contributed by atoms with Crippen molar-refractivity contribution in [2.45, 2.75) is 31.5 Å². The summed E-state index contributed by atoms with van der Waals surface area (Å²) < 4.78 is 5.37. The summed E-state index contributed by atoms with van der Waals surface area (Å²) in [6.45, 7) is 0. The summed E-state index contributed by atoms with van der Waals surface area (Å²) in [5, 5.41) is 8.66. The van der Waals surface area contributed by atoms with Gasteiger partial charge in [0, 0.05) is 0 Å². The van der Waals surface area contributed by atoms with Gasteiger partial charge in [-0.25, -0.2) is 0 Å². The zero-order valence-corrected chi connectivity index (χ0v) is 5.62. The molecule has 0 aromatic carbocycles. The molecule has 56 valence electrons. The molecule has 3 nitrogen and oxygen atoms in total. The van der Waals surface area contributed by atoms with Crippen molar-refractivity contribution < 1.29 is 14.6 Å². The van der Waals surface area contributed by atoms with Crippen molar-refractivity contribution in [2.75, 3.05) is 0 Å². The average Bonchev–Trinajstić information content (AvgIpc) is 2.44. The molecule has 2 saturated heterocycles. The fraction of sp³-hybridized carbons (Fsp3) is 0.857. The number of hydrogen-bond donors (Lipinski definition) is 1. The van der Waals surface area contributed by atoms with Crippen molar-refractivity contribution in [2.24, 2.45) is 5.92 Å². The first kappa shape index (κ1) is 6.16. The van der Waals surface area contributed by atoms with Crippen LogP contribution in [0.5, 0.6) is 0 Å². The molecule has 2 aliphatic heterocycles. The lowest BCUT2D eigenvalue weighted by Gasteiger charge is -2.12. The van der Waals surface area contributed by atoms with Gasteiger partial charge in [0.1, 0.15) is 0 Å². The summed E-state index contributed by atoms with van der Waals surface area (Å²) in [6, 6.07) is 0. The van der Waals surface area contributed by atoms with E-state index < -0.39 is 5.97 Å². The van der Waals surface area contributed by atoms with E-state index in [1.54, 1.807) is 0 Å². The van der Waals surface area contributed by atoms with E-state index in [1.807, 2.05) is 0 Å². The van der Waals surface area contributed by atoms with E-state index >= 15 is 0 Å². The van der Waals surface area contributed by atoms with E-state index in [4.69, 9.17) is 9.84 Å². The maximum atomic E-state index is 10.5. The lowest BCUT2D eigenvalue weighted by molar-refractivity contribution is -0.143. The summed E-state index contributed by atoms with van der Waals surface area (Å²) >= 11 is 0. The third-order valence-corrected chi connectivity index (χ3v) is 2.42. The Labute approximate surface area is 59.0 Å². The topological polar surface area (TPSA) is 46.5 Å². The molecule has 2 heterocycles. The maximum absolute atomic E-state index is 10.5. The lowest BCUT2D eigenvalue weighted by atomic mass is 9.89. The largest absolute Gasteiger partial charge is 0.481 e. The SMILES string of the molecule is O=C(O)[C@@H]1CC2CC[C@@H]1O2. The number of fused-ring (bicyclic) bond motifs is 2. The van der Waals surface area contributed by atoms with E-state index in [0.29, 0.717) is 0 Å². The van der Waals surface area contributed by atoms with Crippen molar-refractivity contribution >= 4 is 5.97 Å². The highest BCUT2D eigenvalue weighted by Gasteiger charge is 2.44. The molecule has 2 aliphatic rings. The van der Waals surface area contributed by atoms with Crippen molar-refractivity contribution in [1.29, 1.82) is 0 Å². The van der Waals surface area contributed by atoms with E-state index in [1.165, 1.54) is 0 Å². The monoisotopic (exact) mass is 142 g/mol. The summed E-state index contributed by atoms with van der Waals surface area (Å²) in [5.41, 5.74) is 0. The Morgan fingerprint density at radius 2 is 2.30 bits per heavy atom. The van der Waals surface area contributed by atoms with Gasteiger partial charge in [-0.3, -0.25) is 4.79 Å². The quantitative estimate of drug-likeness (QED) is 0.584. The standard InChI is InChI=1S/C7H10O3/c8-7(9)5-3-4-1-2-6(5)10-4/h4-6H,1-3H2,(H,8,9)/t4?,5-,6+/m1/s1. The molecular formula is C7H10O3. The maximum Gasteiger partial charge on any atom is 0.309 e. The molecule has 0 radical (unpaired) electrons. The Bertz CT molecular complexity index is 166. The Balaban J connectivity index is 2.08. The van der Waals surface area contributed by atoms with Crippen LogP contribution in [-0.2, 0) is 9.53 Å². The van der Waals surface area contributed by atoms with Crippen LogP contribution in [0.3, 0.4) is 0 Å². The van der Waals surface area contributed by atoms with Gasteiger partial charge in [0.25, 0.3) is 0 Å². The highest BCUT2D eigenvalue weighted by atomic mass is 16.5. The minimum Gasteiger partial charge on any atom is -0.481 e. The zero-order chi connectivity index (χ0) is 7.14. The van der Waals surface area contributed by atoms with Crippen LogP contribution in [0.15, 0.2) is 0 Å². The van der Waals surface area contributed by atoms with E-state index in [2.05, 4.69) is 0 Å². The van der Waals surface area contributed by atoms with E-state index in [-0.39, 0.29) is 18.1 Å². The van der Waals surface area contributed by atoms with Crippen LogP contribution in [0.25, 0.3) is 0 Å². The number of rotatable bonds is 1. The van der Waals surface area contributed by atoms with Gasteiger partial charge in [-0.05, 0) is 19.3 Å². The number of ether oxygens (including phenoxy) is 1. The van der Waals surface area contributed by atoms with Gasteiger partial charge < -0.3 is 9.84 Å². The highest BCUT2D eigenvalue weighted by molar-refractivity contribution is 5.71. The normalized spacial score (nSPS) is 44.2. The fourth-order valence-corrected chi connectivity index (χ4v) is 1.90. The van der Waals surface area contributed by atoms with Gasteiger partial charge in [0.15, 0.2) is 0 Å². The Hall–Kier alpha value is -0.570. The summed E-state index contributed by atoms with van der Waals surface area (Å²) in [4.78, 5) is 10.5. The van der Waals surface area contributed by atoms with E-state index in [9.17, 15) is 4.79 Å². The van der Waals surface area contributed by atoms with Crippen molar-refractivity contribution in [3.8, 4) is 0 Å². The first-order valence-corrected chi connectivity index (χ1v) is 3.65. The van der Waals surface area contributed by atoms with Crippen LogP contribution < -0.4 is 0 Å². The molecule has 2 fully saturated rings. The third-order valence-electron chi connectivity index (χ3n) is 2.42. The summed E-state index contributed by atoms with van der Waals surface area (Å²) in [6.07, 6.45) is 3.03. The van der Waals surface area contributed by atoms with E-state index in [0.717, 1.165) is 19.3 Å². The molecule has 0 aromatic rings. The zero-order valence-electron chi connectivity index (χ0n) is 5.62. The molecule has 3 heteroatoms. The second-order valence-corrected chi connectivity index (χ2v) is 3.05. The minimum atomic E-state index is -0.688. The second-order valence-electron chi connectivity index (χ2n) is 3.05.